The van der Waals surface area contributed by atoms with Crippen molar-refractivity contribution in [3.63, 3.8) is 0 Å². The van der Waals surface area contributed by atoms with E-state index in [0.29, 0.717) is 16.0 Å². The lowest BCUT2D eigenvalue weighted by molar-refractivity contribution is 0.0681. The Morgan fingerprint density at radius 1 is 0.970 bits per heavy atom. The number of carbonyl (C=O) groups excluding carboxylic acids is 1. The first-order valence-electron chi connectivity index (χ1n) is 10.6. The van der Waals surface area contributed by atoms with Crippen molar-refractivity contribution in [1.29, 1.82) is 0 Å². The van der Waals surface area contributed by atoms with Gasteiger partial charge in [0.25, 0.3) is 5.91 Å². The summed E-state index contributed by atoms with van der Waals surface area (Å²) in [6, 6.07) is 10.5. The van der Waals surface area contributed by atoms with Gasteiger partial charge in [-0.2, -0.15) is 0 Å². The molecule has 0 aromatic heterocycles. The van der Waals surface area contributed by atoms with Gasteiger partial charge in [-0.25, -0.2) is 4.79 Å². The zero-order valence-electron chi connectivity index (χ0n) is 17.5. The van der Waals surface area contributed by atoms with Gasteiger partial charge in [0.15, 0.2) is 0 Å². The third-order valence-electron chi connectivity index (χ3n) is 6.32. The fourth-order valence-electron chi connectivity index (χ4n) is 4.77. The second-order valence-electron chi connectivity index (χ2n) is 8.59. The molecule has 0 spiro atoms. The largest absolute Gasteiger partial charge is 0.478 e. The van der Waals surface area contributed by atoms with Gasteiger partial charge in [0, 0.05) is 13.7 Å². The van der Waals surface area contributed by atoms with Crippen molar-refractivity contribution in [3.8, 4) is 0 Å². The van der Waals surface area contributed by atoms with E-state index in [9.17, 15) is 9.59 Å². The Kier molecular flexibility index (Phi) is 11.2. The van der Waals surface area contributed by atoms with Crippen molar-refractivity contribution in [2.75, 3.05) is 6.54 Å². The van der Waals surface area contributed by atoms with E-state index >= 15 is 0 Å². The van der Waals surface area contributed by atoms with Crippen molar-refractivity contribution in [2.24, 2.45) is 11.3 Å². The lowest BCUT2D eigenvalue weighted by Gasteiger charge is -2.45. The summed E-state index contributed by atoms with van der Waals surface area (Å²) >= 11 is 16.0. The van der Waals surface area contributed by atoms with Crippen LogP contribution < -0.4 is 5.32 Å². The molecule has 0 radical (unpaired) electrons. The molecular formula is C25H29Cl2I2NO3. The maximum atomic E-state index is 12.4. The molecule has 2 aromatic rings. The summed E-state index contributed by atoms with van der Waals surface area (Å²) in [7, 11) is 0. The number of hydrogen-bond acceptors (Lipinski definition) is 2. The predicted molar refractivity (Wildman–Crippen MR) is 153 cm³/mol. The van der Waals surface area contributed by atoms with Crippen molar-refractivity contribution in [1.82, 2.24) is 5.32 Å². The summed E-state index contributed by atoms with van der Waals surface area (Å²) in [5.41, 5.74) is 1.10. The molecular weight excluding hydrogens is 687 g/mol. The molecule has 2 saturated carbocycles. The number of carboxylic acid groups (broad SMARTS) is 1. The maximum Gasteiger partial charge on any atom is 0.337 e. The van der Waals surface area contributed by atoms with Gasteiger partial charge in [-0.05, 0) is 112 Å². The minimum absolute atomic E-state index is 0. The quantitative estimate of drug-likeness (QED) is 0.313. The molecule has 0 unspecified atom stereocenters. The zero-order valence-corrected chi connectivity index (χ0v) is 23.3. The summed E-state index contributed by atoms with van der Waals surface area (Å²) < 4.78 is 1.90. The fraction of sp³-hybridized carbons (Fsp3) is 0.440. The molecule has 2 aromatic carbocycles. The van der Waals surface area contributed by atoms with Crippen molar-refractivity contribution >= 4 is 80.3 Å². The van der Waals surface area contributed by atoms with Crippen LogP contribution in [-0.2, 0) is 0 Å². The topological polar surface area (TPSA) is 66.4 Å². The molecule has 0 atom stereocenters. The van der Waals surface area contributed by atoms with Gasteiger partial charge < -0.3 is 10.4 Å². The minimum Gasteiger partial charge on any atom is -0.478 e. The highest BCUT2D eigenvalue weighted by Gasteiger charge is 2.39. The number of nitrogens with one attached hydrogen (secondary N) is 1. The molecule has 2 aliphatic carbocycles. The SMILES string of the molecule is C.O=C(NCC12CCCC(CCC1)C2)c1cc(I)ccc1Cl.O=C(O)c1cc(I)ccc1Cl. The highest BCUT2D eigenvalue weighted by molar-refractivity contribution is 14.1. The maximum absolute atomic E-state index is 12.4. The molecule has 0 aliphatic heterocycles. The van der Waals surface area contributed by atoms with Gasteiger partial charge >= 0.3 is 5.97 Å². The van der Waals surface area contributed by atoms with Crippen LogP contribution in [0.3, 0.4) is 0 Å². The van der Waals surface area contributed by atoms with Crippen LogP contribution in [-0.4, -0.2) is 23.5 Å². The number of fused-ring (bicyclic) bond motifs is 2. The van der Waals surface area contributed by atoms with E-state index in [2.05, 4.69) is 27.9 Å². The van der Waals surface area contributed by atoms with E-state index in [1.165, 1.54) is 51.0 Å². The lowest BCUT2D eigenvalue weighted by atomic mass is 9.62. The molecule has 4 rings (SSSR count). The van der Waals surface area contributed by atoms with Crippen molar-refractivity contribution in [3.05, 3.63) is 64.7 Å². The number of rotatable bonds is 4. The van der Waals surface area contributed by atoms with Crippen LogP contribution in [0.25, 0.3) is 0 Å². The molecule has 4 nitrogen and oxygen atoms in total. The normalized spacial score (nSPS) is 21.2. The third-order valence-corrected chi connectivity index (χ3v) is 8.32. The van der Waals surface area contributed by atoms with Gasteiger partial charge in [0.1, 0.15) is 0 Å². The van der Waals surface area contributed by atoms with E-state index in [1.807, 2.05) is 34.7 Å². The fourth-order valence-corrected chi connectivity index (χ4v) is 6.15. The number of carbonyl (C=O) groups is 2. The number of benzene rings is 2. The average Bonchev–Trinajstić information content (AvgIpc) is 2.76. The third kappa shape index (κ3) is 7.97. The van der Waals surface area contributed by atoms with E-state index < -0.39 is 5.97 Å². The molecule has 8 heteroatoms. The molecule has 2 aliphatic rings. The molecule has 1 amide bonds. The monoisotopic (exact) mass is 715 g/mol. The standard InChI is InChI=1S/C17H21ClINO.C7H4ClIO2.CH4/c18-15-6-5-13(19)9-14(15)16(21)20-11-17-7-1-3-12(10-17)4-2-8-17;8-6-2-1-4(9)3-5(6)7(10)11;/h5-6,9,12H,1-4,7-8,10-11H2,(H,20,21);1-3H,(H,10,11);1H4. The van der Waals surface area contributed by atoms with Gasteiger partial charge in [-0.15, -0.1) is 0 Å². The number of carboxylic acids is 1. The zero-order chi connectivity index (χ0) is 23.3. The second kappa shape index (κ2) is 12.9. The van der Waals surface area contributed by atoms with Gasteiger partial charge in [-0.1, -0.05) is 56.3 Å². The molecule has 33 heavy (non-hydrogen) atoms. The van der Waals surface area contributed by atoms with Crippen LogP contribution in [0.2, 0.25) is 10.0 Å². The molecule has 2 N–H and O–H groups in total. The molecule has 2 bridgehead atoms. The highest BCUT2D eigenvalue weighted by Crippen LogP contribution is 2.48. The summed E-state index contributed by atoms with van der Waals surface area (Å²) in [4.78, 5) is 22.9. The Morgan fingerprint density at radius 2 is 1.48 bits per heavy atom. The van der Waals surface area contributed by atoms with Gasteiger partial charge in [0.05, 0.1) is 21.2 Å². The Morgan fingerprint density at radius 3 is 2.00 bits per heavy atom. The van der Waals surface area contributed by atoms with Crippen LogP contribution in [0.4, 0.5) is 0 Å². The van der Waals surface area contributed by atoms with Gasteiger partial charge in [-0.3, -0.25) is 4.79 Å². The minimum atomic E-state index is -0.992. The van der Waals surface area contributed by atoms with Crippen LogP contribution in [0, 0.1) is 18.5 Å². The van der Waals surface area contributed by atoms with Crippen molar-refractivity contribution < 1.29 is 14.7 Å². The molecule has 180 valence electrons. The van der Waals surface area contributed by atoms with Crippen molar-refractivity contribution in [2.45, 2.75) is 52.4 Å². The first kappa shape index (κ1) is 28.7. The van der Waals surface area contributed by atoms with E-state index in [4.69, 9.17) is 28.3 Å². The first-order chi connectivity index (χ1) is 15.2. The molecule has 0 saturated heterocycles. The average molecular weight is 716 g/mol. The van der Waals surface area contributed by atoms with Gasteiger partial charge in [0.2, 0.25) is 0 Å². The Labute approximate surface area is 233 Å². The second-order valence-corrected chi connectivity index (χ2v) is 11.9. The van der Waals surface area contributed by atoms with Crippen LogP contribution in [0.5, 0.6) is 0 Å². The smallest absolute Gasteiger partial charge is 0.337 e. The highest BCUT2D eigenvalue weighted by atomic mass is 127. The molecule has 0 heterocycles. The summed E-state index contributed by atoms with van der Waals surface area (Å²) in [6.07, 6.45) is 9.26. The Hall–Kier alpha value is -0.580. The van der Waals surface area contributed by atoms with E-state index in [-0.39, 0.29) is 23.9 Å². The predicted octanol–water partition coefficient (Wildman–Crippen LogP) is 8.31. The van der Waals surface area contributed by atoms with E-state index in [1.54, 1.807) is 18.2 Å². The number of aromatic carboxylic acids is 1. The summed E-state index contributed by atoms with van der Waals surface area (Å²) in [5, 5.41) is 12.6. The first-order valence-corrected chi connectivity index (χ1v) is 13.5. The van der Waals surface area contributed by atoms with Crippen LogP contribution >= 0.6 is 68.4 Å². The summed E-state index contributed by atoms with van der Waals surface area (Å²) in [5.74, 6) is -0.125. The number of amides is 1. The number of hydrogen-bond donors (Lipinski definition) is 2. The number of halogens is 4. The molecule has 2 fully saturated rings. The lowest BCUT2D eigenvalue weighted by Crippen LogP contribution is -2.43. The van der Waals surface area contributed by atoms with E-state index in [0.717, 1.165) is 19.6 Å². The Balaban J connectivity index is 0.000000274. The summed E-state index contributed by atoms with van der Waals surface area (Å²) in [6.45, 7) is 0.810. The van der Waals surface area contributed by atoms with Crippen LogP contribution in [0.15, 0.2) is 36.4 Å². The van der Waals surface area contributed by atoms with Crippen LogP contribution in [0.1, 0.15) is 73.1 Å². The Bertz CT molecular complexity index is 990.